The summed E-state index contributed by atoms with van der Waals surface area (Å²) in [5.41, 5.74) is 1.56. The van der Waals surface area contributed by atoms with Crippen molar-refractivity contribution >= 4 is 12.3 Å². The molecule has 2 aliphatic rings. The standard InChI is InChI=1S/C13H18N2/c1-2-4-10(5-3-1)12-8-15-13-9-14-7-6-11(12)13/h6,8-10,14-15H,1-5,7H2. The van der Waals surface area contributed by atoms with E-state index >= 15 is 0 Å². The maximum atomic E-state index is 3.37. The lowest BCUT2D eigenvalue weighted by Gasteiger charge is -2.21. The number of hydrogen-bond donors (Lipinski definition) is 2. The fraction of sp³-hybridized carbons (Fsp3) is 0.538. The van der Waals surface area contributed by atoms with Gasteiger partial charge in [0.25, 0.3) is 0 Å². The lowest BCUT2D eigenvalue weighted by Crippen LogP contribution is -2.34. The number of nitrogens with one attached hydrogen (secondary N) is 2. The molecule has 0 aromatic carbocycles. The second kappa shape index (κ2) is 3.76. The largest absolute Gasteiger partial charge is 0.386 e. The molecular weight excluding hydrogens is 184 g/mol. The Labute approximate surface area is 90.1 Å². The lowest BCUT2D eigenvalue weighted by molar-refractivity contribution is 0.442. The summed E-state index contributed by atoms with van der Waals surface area (Å²) in [5.74, 6) is 0.807. The van der Waals surface area contributed by atoms with Crippen LogP contribution < -0.4 is 15.9 Å². The molecule has 1 aromatic heterocycles. The van der Waals surface area contributed by atoms with Gasteiger partial charge in [0.05, 0.1) is 5.35 Å². The Morgan fingerprint density at radius 1 is 1.13 bits per heavy atom. The molecule has 0 saturated heterocycles. The van der Waals surface area contributed by atoms with Crippen LogP contribution in [0.1, 0.15) is 43.6 Å². The van der Waals surface area contributed by atoms with Crippen LogP contribution in [0.15, 0.2) is 6.20 Å². The van der Waals surface area contributed by atoms with E-state index in [1.807, 2.05) is 0 Å². The molecule has 0 atom stereocenters. The van der Waals surface area contributed by atoms with E-state index in [2.05, 4.69) is 28.8 Å². The van der Waals surface area contributed by atoms with Crippen LogP contribution in [-0.4, -0.2) is 11.5 Å². The smallest absolute Gasteiger partial charge is 0.0613 e. The van der Waals surface area contributed by atoms with Gasteiger partial charge in [-0.2, -0.15) is 0 Å². The lowest BCUT2D eigenvalue weighted by atomic mass is 9.84. The Morgan fingerprint density at radius 2 is 2.00 bits per heavy atom. The molecule has 2 heterocycles. The normalized spacial score (nSPS) is 21.1. The zero-order chi connectivity index (χ0) is 10.1. The Balaban J connectivity index is 2.02. The first kappa shape index (κ1) is 9.08. The summed E-state index contributed by atoms with van der Waals surface area (Å²) in [6.07, 6.45) is 13.6. The summed E-state index contributed by atoms with van der Waals surface area (Å²) in [6, 6.07) is 0. The van der Waals surface area contributed by atoms with E-state index in [9.17, 15) is 0 Å². The molecule has 80 valence electrons. The van der Waals surface area contributed by atoms with Gasteiger partial charge in [-0.25, -0.2) is 0 Å². The fourth-order valence-electron chi connectivity index (χ4n) is 2.89. The summed E-state index contributed by atoms with van der Waals surface area (Å²) in [4.78, 5) is 3.37. The van der Waals surface area contributed by atoms with Gasteiger partial charge in [-0.1, -0.05) is 25.3 Å². The van der Waals surface area contributed by atoms with Crippen LogP contribution in [-0.2, 0) is 0 Å². The SMILES string of the molecule is C1=c2[nH]cc(C3CCCCC3)c2=CCN1. The van der Waals surface area contributed by atoms with Crippen molar-refractivity contribution in [3.8, 4) is 0 Å². The van der Waals surface area contributed by atoms with Gasteiger partial charge in [-0.3, -0.25) is 0 Å². The average molecular weight is 202 g/mol. The number of aromatic nitrogens is 1. The molecular formula is C13H18N2. The van der Waals surface area contributed by atoms with Gasteiger partial charge in [0.2, 0.25) is 0 Å². The van der Waals surface area contributed by atoms with Gasteiger partial charge in [0.1, 0.15) is 0 Å². The molecule has 2 heteroatoms. The Kier molecular flexibility index (Phi) is 2.28. The summed E-state index contributed by atoms with van der Waals surface area (Å²) in [6.45, 7) is 0.977. The second-order valence-electron chi connectivity index (χ2n) is 4.66. The molecule has 1 fully saturated rings. The molecule has 1 aliphatic heterocycles. The first-order valence-electron chi connectivity index (χ1n) is 6.06. The van der Waals surface area contributed by atoms with Gasteiger partial charge >= 0.3 is 0 Å². The van der Waals surface area contributed by atoms with E-state index in [0.717, 1.165) is 12.5 Å². The average Bonchev–Trinajstić information content (AvgIpc) is 2.74. The molecule has 0 spiro atoms. The minimum atomic E-state index is 0.807. The Morgan fingerprint density at radius 3 is 2.87 bits per heavy atom. The molecule has 0 bridgehead atoms. The highest BCUT2D eigenvalue weighted by atomic mass is 14.8. The molecule has 3 rings (SSSR count). The van der Waals surface area contributed by atoms with Crippen LogP contribution in [0.4, 0.5) is 0 Å². The topological polar surface area (TPSA) is 27.8 Å². The van der Waals surface area contributed by atoms with Crippen molar-refractivity contribution in [1.29, 1.82) is 0 Å². The minimum Gasteiger partial charge on any atom is -0.386 e. The Bertz CT molecular complexity index is 449. The van der Waals surface area contributed by atoms with Gasteiger partial charge < -0.3 is 10.3 Å². The van der Waals surface area contributed by atoms with Crippen LogP contribution >= 0.6 is 0 Å². The number of fused-ring (bicyclic) bond motifs is 1. The van der Waals surface area contributed by atoms with Crippen molar-refractivity contribution in [2.45, 2.75) is 38.0 Å². The van der Waals surface area contributed by atoms with Crippen molar-refractivity contribution < 1.29 is 0 Å². The molecule has 1 aromatic rings. The predicted octanol–water partition coefficient (Wildman–Crippen LogP) is 1.18. The Hall–Kier alpha value is -1.18. The van der Waals surface area contributed by atoms with E-state index in [0.29, 0.717) is 0 Å². The zero-order valence-corrected chi connectivity index (χ0v) is 9.05. The zero-order valence-electron chi connectivity index (χ0n) is 9.05. The molecule has 2 nitrogen and oxygen atoms in total. The summed E-state index contributed by atoms with van der Waals surface area (Å²) in [5, 5.41) is 5.97. The highest BCUT2D eigenvalue weighted by Crippen LogP contribution is 2.30. The monoisotopic (exact) mass is 202 g/mol. The summed E-state index contributed by atoms with van der Waals surface area (Å²) < 4.78 is 0. The summed E-state index contributed by atoms with van der Waals surface area (Å²) >= 11 is 0. The van der Waals surface area contributed by atoms with Crippen LogP contribution in [0, 0.1) is 0 Å². The molecule has 15 heavy (non-hydrogen) atoms. The molecule has 1 aliphatic carbocycles. The van der Waals surface area contributed by atoms with Gasteiger partial charge in [-0.15, -0.1) is 0 Å². The quantitative estimate of drug-likeness (QED) is 0.703. The highest BCUT2D eigenvalue weighted by molar-refractivity contribution is 5.40. The fourth-order valence-corrected chi connectivity index (χ4v) is 2.89. The van der Waals surface area contributed by atoms with Crippen LogP contribution in [0.2, 0.25) is 0 Å². The number of aromatic amines is 1. The van der Waals surface area contributed by atoms with Crippen molar-refractivity contribution in [3.05, 3.63) is 22.3 Å². The van der Waals surface area contributed by atoms with Crippen LogP contribution in [0.25, 0.3) is 12.3 Å². The third kappa shape index (κ3) is 1.58. The van der Waals surface area contributed by atoms with E-state index in [4.69, 9.17) is 0 Å². The molecule has 0 radical (unpaired) electrons. The third-order valence-corrected chi connectivity index (χ3v) is 3.70. The van der Waals surface area contributed by atoms with Crippen LogP contribution in [0.5, 0.6) is 0 Å². The predicted molar refractivity (Wildman–Crippen MR) is 62.8 cm³/mol. The maximum absolute atomic E-state index is 3.37. The molecule has 0 unspecified atom stereocenters. The summed E-state index contributed by atoms with van der Waals surface area (Å²) in [7, 11) is 0. The van der Waals surface area contributed by atoms with E-state index < -0.39 is 0 Å². The molecule has 0 amide bonds. The molecule has 1 saturated carbocycles. The second-order valence-corrected chi connectivity index (χ2v) is 4.66. The number of hydrogen-bond acceptors (Lipinski definition) is 1. The maximum Gasteiger partial charge on any atom is 0.0613 e. The van der Waals surface area contributed by atoms with E-state index in [1.165, 1.54) is 42.7 Å². The highest BCUT2D eigenvalue weighted by Gasteiger charge is 2.17. The van der Waals surface area contributed by atoms with Gasteiger partial charge in [0.15, 0.2) is 0 Å². The molecule has 2 N–H and O–H groups in total. The van der Waals surface area contributed by atoms with Crippen molar-refractivity contribution in [2.75, 3.05) is 6.54 Å². The first-order chi connectivity index (χ1) is 7.45. The number of H-pyrrole nitrogens is 1. The first-order valence-corrected chi connectivity index (χ1v) is 6.06. The minimum absolute atomic E-state index is 0.807. The van der Waals surface area contributed by atoms with Crippen molar-refractivity contribution in [2.24, 2.45) is 0 Å². The number of rotatable bonds is 1. The third-order valence-electron chi connectivity index (χ3n) is 3.70. The van der Waals surface area contributed by atoms with Crippen LogP contribution in [0.3, 0.4) is 0 Å². The van der Waals surface area contributed by atoms with E-state index in [1.54, 1.807) is 5.56 Å². The van der Waals surface area contributed by atoms with Gasteiger partial charge in [-0.05, 0) is 24.3 Å². The van der Waals surface area contributed by atoms with Crippen molar-refractivity contribution in [1.82, 2.24) is 10.3 Å². The van der Waals surface area contributed by atoms with Gasteiger partial charge in [0, 0.05) is 24.2 Å². The van der Waals surface area contributed by atoms with Crippen molar-refractivity contribution in [3.63, 3.8) is 0 Å². The van der Waals surface area contributed by atoms with E-state index in [-0.39, 0.29) is 0 Å².